The molecule has 0 radical (unpaired) electrons. The summed E-state index contributed by atoms with van der Waals surface area (Å²) in [7, 11) is 0. The van der Waals surface area contributed by atoms with Gasteiger partial charge in [-0.1, -0.05) is 31.7 Å². The van der Waals surface area contributed by atoms with Crippen molar-refractivity contribution in [2.45, 2.75) is 38.5 Å². The van der Waals surface area contributed by atoms with Gasteiger partial charge < -0.3 is 10.6 Å². The molecule has 0 bridgehead atoms. The maximum absolute atomic E-state index is 12.6. The van der Waals surface area contributed by atoms with E-state index in [0.717, 1.165) is 17.5 Å². The van der Waals surface area contributed by atoms with Crippen LogP contribution in [0.5, 0.6) is 0 Å². The number of rotatable bonds is 7. The molecule has 2 unspecified atom stereocenters. The van der Waals surface area contributed by atoms with Crippen LogP contribution in [0, 0.1) is 11.8 Å². The third-order valence-corrected chi connectivity index (χ3v) is 5.00. The highest BCUT2D eigenvalue weighted by Crippen LogP contribution is 2.18. The third-order valence-electron chi connectivity index (χ3n) is 4.18. The molecule has 2 amide bonds. The van der Waals surface area contributed by atoms with Gasteiger partial charge in [0, 0.05) is 30.8 Å². The predicted octanol–water partition coefficient (Wildman–Crippen LogP) is 1.71. The average Bonchev–Trinajstić information content (AvgIpc) is 2.62. The first-order valence-electron chi connectivity index (χ1n) is 8.56. The van der Waals surface area contributed by atoms with Gasteiger partial charge in [0.25, 0.3) is 11.1 Å². The van der Waals surface area contributed by atoms with Crippen molar-refractivity contribution < 1.29 is 19.2 Å². The molecule has 0 saturated carbocycles. The Morgan fingerprint density at radius 2 is 2.12 bits per heavy atom. The molecule has 0 aliphatic carbocycles. The molecule has 140 valence electrons. The van der Waals surface area contributed by atoms with Crippen molar-refractivity contribution in [2.24, 2.45) is 11.8 Å². The second-order valence-corrected chi connectivity index (χ2v) is 7.49. The topological polar surface area (TPSA) is 105 Å². The van der Waals surface area contributed by atoms with Crippen LogP contribution in [0.3, 0.4) is 0 Å². The lowest BCUT2D eigenvalue weighted by molar-refractivity contribution is -0.143. The van der Waals surface area contributed by atoms with E-state index < -0.39 is 23.7 Å². The Hall–Kier alpha value is -2.22. The monoisotopic (exact) mass is 377 g/mol. The van der Waals surface area contributed by atoms with Gasteiger partial charge in [0.15, 0.2) is 5.78 Å². The van der Waals surface area contributed by atoms with Gasteiger partial charge in [0.1, 0.15) is 0 Å². The van der Waals surface area contributed by atoms with Gasteiger partial charge >= 0.3 is 0 Å². The Balaban J connectivity index is 1.90. The van der Waals surface area contributed by atoms with Crippen LogP contribution < -0.4 is 10.6 Å². The second-order valence-electron chi connectivity index (χ2n) is 6.54. The van der Waals surface area contributed by atoms with Crippen molar-refractivity contribution in [1.82, 2.24) is 15.6 Å². The molecule has 8 heteroatoms. The van der Waals surface area contributed by atoms with E-state index in [0.29, 0.717) is 18.7 Å². The molecular formula is C18H23N3O4S. The second kappa shape index (κ2) is 9.47. The molecule has 2 N–H and O–H groups in total. The van der Waals surface area contributed by atoms with Gasteiger partial charge in [0.2, 0.25) is 5.78 Å². The zero-order chi connectivity index (χ0) is 19.1. The summed E-state index contributed by atoms with van der Waals surface area (Å²) >= 11 is 1.04. The first-order valence-corrected chi connectivity index (χ1v) is 9.55. The van der Waals surface area contributed by atoms with E-state index in [9.17, 15) is 19.2 Å². The van der Waals surface area contributed by atoms with Crippen LogP contribution in [0.4, 0.5) is 4.79 Å². The number of aromatic nitrogens is 1. The molecule has 2 rings (SSSR count). The highest BCUT2D eigenvalue weighted by molar-refractivity contribution is 8.12. The van der Waals surface area contributed by atoms with E-state index in [-0.39, 0.29) is 23.4 Å². The summed E-state index contributed by atoms with van der Waals surface area (Å²) in [5.41, 5.74) is 0.777. The van der Waals surface area contributed by atoms with Gasteiger partial charge in [-0.25, -0.2) is 0 Å². The van der Waals surface area contributed by atoms with Crippen molar-refractivity contribution >= 4 is 34.5 Å². The van der Waals surface area contributed by atoms with Gasteiger partial charge in [-0.15, -0.1) is 0 Å². The van der Waals surface area contributed by atoms with E-state index in [1.807, 2.05) is 26.0 Å². The smallest absolute Gasteiger partial charge is 0.287 e. The minimum Gasteiger partial charge on any atom is -0.349 e. The lowest BCUT2D eigenvalue weighted by Crippen LogP contribution is -2.47. The maximum Gasteiger partial charge on any atom is 0.287 e. The van der Waals surface area contributed by atoms with E-state index in [2.05, 4.69) is 15.6 Å². The number of carbonyl (C=O) groups excluding carboxylic acids is 4. The van der Waals surface area contributed by atoms with Crippen LogP contribution in [0.1, 0.15) is 32.4 Å². The number of ketones is 2. The third kappa shape index (κ3) is 5.66. The highest BCUT2D eigenvalue weighted by Gasteiger charge is 2.34. The molecular weight excluding hydrogens is 354 g/mol. The van der Waals surface area contributed by atoms with E-state index in [4.69, 9.17) is 0 Å². The lowest BCUT2D eigenvalue weighted by Gasteiger charge is -2.25. The number of hydrogen-bond donors (Lipinski definition) is 2. The van der Waals surface area contributed by atoms with Crippen molar-refractivity contribution in [3.63, 3.8) is 0 Å². The summed E-state index contributed by atoms with van der Waals surface area (Å²) in [5.74, 6) is -1.72. The Bertz CT molecular complexity index is 678. The quantitative estimate of drug-likeness (QED) is 0.701. The molecule has 1 aromatic heterocycles. The molecule has 1 aromatic rings. The summed E-state index contributed by atoms with van der Waals surface area (Å²) in [6.45, 7) is 4.06. The summed E-state index contributed by atoms with van der Waals surface area (Å²) in [6.07, 6.45) is 2.08. The minimum absolute atomic E-state index is 0.0275. The van der Waals surface area contributed by atoms with Crippen LogP contribution in [-0.2, 0) is 20.1 Å². The Morgan fingerprint density at radius 3 is 2.77 bits per heavy atom. The van der Waals surface area contributed by atoms with Gasteiger partial charge in [-0.2, -0.15) is 0 Å². The van der Waals surface area contributed by atoms with Crippen LogP contribution in [0.2, 0.25) is 0 Å². The summed E-state index contributed by atoms with van der Waals surface area (Å²) in [4.78, 5) is 52.2. The number of amides is 2. The average molecular weight is 377 g/mol. The summed E-state index contributed by atoms with van der Waals surface area (Å²) in [5, 5.41) is 4.90. The number of piperidine rings is 1. The van der Waals surface area contributed by atoms with Crippen molar-refractivity contribution in [3.05, 3.63) is 30.1 Å². The summed E-state index contributed by atoms with van der Waals surface area (Å²) in [6, 6.07) is 4.79. The molecule has 0 aromatic carbocycles. The van der Waals surface area contributed by atoms with Crippen LogP contribution in [0.25, 0.3) is 0 Å². The number of pyridine rings is 1. The van der Waals surface area contributed by atoms with Crippen LogP contribution in [-0.4, -0.2) is 40.3 Å². The molecule has 2 atom stereocenters. The maximum atomic E-state index is 12.6. The normalized spacial score (nSPS) is 18.3. The SMILES string of the molecule is CC(C)C(NC(=O)SCc1ccccn1)C(=O)CC1CCNC(=O)C1=O. The number of nitrogens with zero attached hydrogens (tertiary/aromatic N) is 1. The molecule has 0 spiro atoms. The van der Waals surface area contributed by atoms with E-state index >= 15 is 0 Å². The number of hydrogen-bond acceptors (Lipinski definition) is 6. The van der Waals surface area contributed by atoms with Gasteiger partial charge in [-0.05, 0) is 24.5 Å². The predicted molar refractivity (Wildman–Crippen MR) is 98.4 cm³/mol. The first-order chi connectivity index (χ1) is 12.4. The number of carbonyl (C=O) groups is 4. The number of nitrogens with one attached hydrogen (secondary N) is 2. The zero-order valence-corrected chi connectivity index (χ0v) is 15.7. The van der Waals surface area contributed by atoms with Crippen molar-refractivity contribution in [2.75, 3.05) is 6.54 Å². The number of Topliss-reactive ketones (excluding diaryl/α,β-unsaturated/α-hetero) is 2. The van der Waals surface area contributed by atoms with Gasteiger partial charge in [0.05, 0.1) is 11.7 Å². The standard InChI is InChI=1S/C18H23N3O4S/c1-11(2)15(14(22)9-12-6-8-20-17(24)16(12)23)21-18(25)26-10-13-5-3-4-7-19-13/h3-5,7,11-12,15H,6,8-10H2,1-2H3,(H,20,24)(H,21,25). The fourth-order valence-electron chi connectivity index (χ4n) is 2.74. The molecule has 1 aliphatic heterocycles. The molecule has 1 fully saturated rings. The number of thioether (sulfide) groups is 1. The summed E-state index contributed by atoms with van der Waals surface area (Å²) < 4.78 is 0. The Kier molecular flexibility index (Phi) is 7.32. The molecule has 1 aliphatic rings. The van der Waals surface area contributed by atoms with Crippen molar-refractivity contribution in [1.29, 1.82) is 0 Å². The lowest BCUT2D eigenvalue weighted by atomic mass is 9.87. The molecule has 2 heterocycles. The highest BCUT2D eigenvalue weighted by atomic mass is 32.2. The molecule has 1 saturated heterocycles. The van der Waals surface area contributed by atoms with E-state index in [1.165, 1.54) is 0 Å². The van der Waals surface area contributed by atoms with Gasteiger partial charge in [-0.3, -0.25) is 24.2 Å². The van der Waals surface area contributed by atoms with Crippen LogP contribution in [0.15, 0.2) is 24.4 Å². The van der Waals surface area contributed by atoms with Crippen molar-refractivity contribution in [3.8, 4) is 0 Å². The Labute approximate surface area is 156 Å². The molecule has 7 nitrogen and oxygen atoms in total. The molecule has 26 heavy (non-hydrogen) atoms. The first kappa shape index (κ1) is 20.1. The fraction of sp³-hybridized carbons (Fsp3) is 0.500. The Morgan fingerprint density at radius 1 is 1.35 bits per heavy atom. The largest absolute Gasteiger partial charge is 0.349 e. The zero-order valence-electron chi connectivity index (χ0n) is 14.9. The van der Waals surface area contributed by atoms with Crippen LogP contribution >= 0.6 is 11.8 Å². The minimum atomic E-state index is -0.684. The fourth-order valence-corrected chi connectivity index (χ4v) is 3.40. The van der Waals surface area contributed by atoms with E-state index in [1.54, 1.807) is 12.3 Å².